The van der Waals surface area contributed by atoms with Crippen LogP contribution in [-0.4, -0.2) is 34.9 Å². The van der Waals surface area contributed by atoms with Gasteiger partial charge in [0.05, 0.1) is 31.0 Å². The molecule has 0 aliphatic carbocycles. The van der Waals surface area contributed by atoms with Crippen LogP contribution in [0, 0.1) is 0 Å². The van der Waals surface area contributed by atoms with Crippen LogP contribution >= 0.6 is 0 Å². The van der Waals surface area contributed by atoms with E-state index in [1.807, 2.05) is 36.5 Å². The smallest absolute Gasteiger partial charge is 0.252 e. The van der Waals surface area contributed by atoms with Crippen LogP contribution in [0.3, 0.4) is 0 Å². The Balaban J connectivity index is 1.81. The van der Waals surface area contributed by atoms with Crippen LogP contribution in [0.1, 0.15) is 10.4 Å². The number of anilines is 2. The third-order valence-corrected chi connectivity index (χ3v) is 4.50. The lowest BCUT2D eigenvalue weighted by Gasteiger charge is -2.14. The van der Waals surface area contributed by atoms with Gasteiger partial charge in [-0.2, -0.15) is 5.10 Å². The summed E-state index contributed by atoms with van der Waals surface area (Å²) in [5.74, 6) is 0.497. The first-order valence-electron chi connectivity index (χ1n) is 8.81. The number of fused-ring (bicyclic) bond motifs is 1. The van der Waals surface area contributed by atoms with Crippen molar-refractivity contribution in [1.29, 1.82) is 0 Å². The lowest BCUT2D eigenvalue weighted by atomic mass is 10.1. The van der Waals surface area contributed by atoms with Gasteiger partial charge in [-0.05, 0) is 24.3 Å². The van der Waals surface area contributed by atoms with Crippen molar-refractivity contribution in [3.05, 3.63) is 66.6 Å². The maximum Gasteiger partial charge on any atom is 0.252 e. The number of aromatic nitrogens is 3. The molecule has 0 aliphatic heterocycles. The van der Waals surface area contributed by atoms with Crippen LogP contribution in [0.4, 0.5) is 11.4 Å². The number of ether oxygens (including phenoxy) is 2. The summed E-state index contributed by atoms with van der Waals surface area (Å²) in [5, 5.41) is 8.38. The molecule has 0 radical (unpaired) electrons. The van der Waals surface area contributed by atoms with Gasteiger partial charge in [-0.3, -0.25) is 9.78 Å². The lowest BCUT2D eigenvalue weighted by molar-refractivity contribution is 0.0997. The fraction of sp³-hybridized carbons (Fsp3) is 0.0952. The molecule has 1 amide bonds. The predicted molar refractivity (Wildman–Crippen MR) is 110 cm³/mol. The molecule has 8 heteroatoms. The number of amides is 1. The summed E-state index contributed by atoms with van der Waals surface area (Å²) >= 11 is 0. The maximum atomic E-state index is 11.8. The van der Waals surface area contributed by atoms with E-state index in [1.54, 1.807) is 36.3 Å². The molecular weight excluding hydrogens is 370 g/mol. The molecule has 0 bridgehead atoms. The average molecular weight is 389 g/mol. The Morgan fingerprint density at radius 3 is 2.66 bits per heavy atom. The fourth-order valence-electron chi connectivity index (χ4n) is 3.13. The molecule has 4 rings (SSSR count). The fourth-order valence-corrected chi connectivity index (χ4v) is 3.13. The molecule has 8 nitrogen and oxygen atoms in total. The minimum absolute atomic E-state index is 0.291. The van der Waals surface area contributed by atoms with E-state index in [1.165, 1.54) is 7.11 Å². The zero-order valence-corrected chi connectivity index (χ0v) is 15.9. The first-order valence-corrected chi connectivity index (χ1v) is 8.81. The number of nitrogens with zero attached hydrogens (tertiary/aromatic N) is 3. The number of nitrogens with one attached hydrogen (secondary N) is 1. The Bertz CT molecular complexity index is 1190. The molecule has 0 aliphatic rings. The van der Waals surface area contributed by atoms with Gasteiger partial charge in [0.2, 0.25) is 0 Å². The monoisotopic (exact) mass is 389 g/mol. The molecule has 146 valence electrons. The lowest BCUT2D eigenvalue weighted by Crippen LogP contribution is -2.12. The van der Waals surface area contributed by atoms with E-state index in [0.29, 0.717) is 22.6 Å². The van der Waals surface area contributed by atoms with E-state index in [4.69, 9.17) is 15.2 Å². The van der Waals surface area contributed by atoms with E-state index < -0.39 is 5.91 Å². The molecule has 0 atom stereocenters. The second-order valence-corrected chi connectivity index (χ2v) is 6.29. The predicted octanol–water partition coefficient (Wildman–Crippen LogP) is 3.28. The number of pyridine rings is 1. The van der Waals surface area contributed by atoms with Crippen molar-refractivity contribution < 1.29 is 14.3 Å². The van der Waals surface area contributed by atoms with Gasteiger partial charge >= 0.3 is 0 Å². The first-order chi connectivity index (χ1) is 14.1. The summed E-state index contributed by atoms with van der Waals surface area (Å²) in [7, 11) is 3.10. The standard InChI is InChI=1S/C21H19N5O3/c1-28-15-9-13(8-14(10-15)26-7-3-5-24-26)25-18-4-6-23-19-12-20(29-2)17(21(22)27)11-16(18)19/h3-12H,1-2H3,(H2,22,27)(H,23,25). The quantitative estimate of drug-likeness (QED) is 0.524. The van der Waals surface area contributed by atoms with Crippen molar-refractivity contribution in [1.82, 2.24) is 14.8 Å². The Labute approximate surface area is 166 Å². The van der Waals surface area contributed by atoms with Crippen molar-refractivity contribution in [2.24, 2.45) is 5.73 Å². The van der Waals surface area contributed by atoms with Gasteiger partial charge < -0.3 is 20.5 Å². The zero-order chi connectivity index (χ0) is 20.4. The van der Waals surface area contributed by atoms with Crippen molar-refractivity contribution >= 4 is 28.2 Å². The van der Waals surface area contributed by atoms with Gasteiger partial charge in [-0.25, -0.2) is 4.68 Å². The van der Waals surface area contributed by atoms with Crippen LogP contribution < -0.4 is 20.5 Å². The third kappa shape index (κ3) is 3.55. The molecular formula is C21H19N5O3. The highest BCUT2D eigenvalue weighted by Gasteiger charge is 2.14. The van der Waals surface area contributed by atoms with E-state index in [2.05, 4.69) is 15.4 Å². The van der Waals surface area contributed by atoms with Gasteiger partial charge in [-0.15, -0.1) is 0 Å². The van der Waals surface area contributed by atoms with Gasteiger partial charge in [-0.1, -0.05) is 0 Å². The number of benzene rings is 2. The van der Waals surface area contributed by atoms with Crippen LogP contribution in [0.25, 0.3) is 16.6 Å². The van der Waals surface area contributed by atoms with Crippen molar-refractivity contribution in [3.8, 4) is 17.2 Å². The van der Waals surface area contributed by atoms with Crippen LogP contribution in [0.2, 0.25) is 0 Å². The number of hydrogen-bond donors (Lipinski definition) is 2. The molecule has 2 heterocycles. The Morgan fingerprint density at radius 1 is 1.10 bits per heavy atom. The van der Waals surface area contributed by atoms with Gasteiger partial charge in [0, 0.05) is 53.6 Å². The number of rotatable bonds is 6. The minimum Gasteiger partial charge on any atom is -0.497 e. The first kappa shape index (κ1) is 18.3. The molecule has 0 unspecified atom stereocenters. The maximum absolute atomic E-state index is 11.8. The van der Waals surface area contributed by atoms with Gasteiger partial charge in [0.15, 0.2) is 0 Å². The van der Waals surface area contributed by atoms with Crippen LogP contribution in [0.5, 0.6) is 11.5 Å². The minimum atomic E-state index is -0.569. The summed E-state index contributed by atoms with van der Waals surface area (Å²) in [6, 6.07) is 12.8. The van der Waals surface area contributed by atoms with Crippen molar-refractivity contribution in [3.63, 3.8) is 0 Å². The Kier molecular flexibility index (Phi) is 4.74. The molecule has 0 saturated carbocycles. The van der Waals surface area contributed by atoms with Crippen LogP contribution in [-0.2, 0) is 0 Å². The number of methoxy groups -OCH3 is 2. The van der Waals surface area contributed by atoms with E-state index in [9.17, 15) is 4.79 Å². The van der Waals surface area contributed by atoms with Crippen molar-refractivity contribution in [2.75, 3.05) is 19.5 Å². The summed E-state index contributed by atoms with van der Waals surface area (Å²) in [5.41, 5.74) is 8.87. The third-order valence-electron chi connectivity index (χ3n) is 4.50. The molecule has 3 N–H and O–H groups in total. The number of hydrogen-bond acceptors (Lipinski definition) is 6. The average Bonchev–Trinajstić information content (AvgIpc) is 3.27. The Hall–Kier alpha value is -4.07. The van der Waals surface area contributed by atoms with E-state index in [-0.39, 0.29) is 0 Å². The molecule has 0 spiro atoms. The molecule has 0 fully saturated rings. The van der Waals surface area contributed by atoms with E-state index in [0.717, 1.165) is 22.4 Å². The number of carbonyl (C=O) groups is 1. The zero-order valence-electron chi connectivity index (χ0n) is 15.9. The SMILES string of the molecule is COc1cc(Nc2ccnc3cc(OC)c(C(N)=O)cc23)cc(-n2cccn2)c1. The van der Waals surface area contributed by atoms with E-state index >= 15 is 0 Å². The summed E-state index contributed by atoms with van der Waals surface area (Å²) in [6.45, 7) is 0. The summed E-state index contributed by atoms with van der Waals surface area (Å²) in [4.78, 5) is 16.2. The molecule has 4 aromatic rings. The molecule has 29 heavy (non-hydrogen) atoms. The summed E-state index contributed by atoms with van der Waals surface area (Å²) < 4.78 is 12.4. The number of nitrogens with two attached hydrogens (primary N) is 1. The second-order valence-electron chi connectivity index (χ2n) is 6.29. The highest BCUT2D eigenvalue weighted by atomic mass is 16.5. The summed E-state index contributed by atoms with van der Waals surface area (Å²) in [6.07, 6.45) is 5.25. The van der Waals surface area contributed by atoms with Crippen molar-refractivity contribution in [2.45, 2.75) is 0 Å². The molecule has 2 aromatic heterocycles. The second kappa shape index (κ2) is 7.51. The number of primary amides is 1. The highest BCUT2D eigenvalue weighted by molar-refractivity contribution is 6.03. The normalized spacial score (nSPS) is 10.7. The Morgan fingerprint density at radius 2 is 1.97 bits per heavy atom. The highest BCUT2D eigenvalue weighted by Crippen LogP contribution is 2.32. The molecule has 2 aromatic carbocycles. The van der Waals surface area contributed by atoms with Crippen LogP contribution in [0.15, 0.2) is 61.1 Å². The largest absolute Gasteiger partial charge is 0.497 e. The number of carbonyl (C=O) groups excluding carboxylic acids is 1. The van der Waals surface area contributed by atoms with Gasteiger partial charge in [0.25, 0.3) is 5.91 Å². The topological polar surface area (TPSA) is 104 Å². The van der Waals surface area contributed by atoms with Gasteiger partial charge in [0.1, 0.15) is 11.5 Å². The molecule has 0 saturated heterocycles.